The largest absolute Gasteiger partial charge is 0.417 e. The molecule has 0 saturated carbocycles. The van der Waals surface area contributed by atoms with Gasteiger partial charge in [-0.2, -0.15) is 0 Å². The second-order valence-electron chi connectivity index (χ2n) is 7.80. The average Bonchev–Trinajstić information content (AvgIpc) is 3.21. The first-order chi connectivity index (χ1) is 15.4. The third-order valence-electron chi connectivity index (χ3n) is 5.06. The van der Waals surface area contributed by atoms with Gasteiger partial charge in [-0.05, 0) is 54.6 Å². The number of hydrogen-bond donors (Lipinski definition) is 3. The van der Waals surface area contributed by atoms with Gasteiger partial charge in [0, 0.05) is 18.2 Å². The average molecular weight is 455 g/mol. The number of rotatable bonds is 11. The van der Waals surface area contributed by atoms with Crippen molar-refractivity contribution in [1.82, 2.24) is 15.5 Å². The molecule has 0 bridgehead atoms. The summed E-state index contributed by atoms with van der Waals surface area (Å²) in [4.78, 5) is 17.8. The number of nitrogens with one attached hydrogen (secondary N) is 1. The molecule has 0 unspecified atom stereocenters. The maximum absolute atomic E-state index is 10.9. The molecule has 7 nitrogen and oxygen atoms in total. The van der Waals surface area contributed by atoms with Crippen molar-refractivity contribution in [1.29, 1.82) is 0 Å². The summed E-state index contributed by atoms with van der Waals surface area (Å²) in [6.07, 6.45) is 4.24. The summed E-state index contributed by atoms with van der Waals surface area (Å²) < 4.78 is 16.8. The van der Waals surface area contributed by atoms with E-state index in [9.17, 15) is 4.57 Å². The maximum atomic E-state index is 10.9. The fraction of sp³-hybridized carbons (Fsp3) is 0.333. The minimum atomic E-state index is -3.92. The van der Waals surface area contributed by atoms with Crippen LogP contribution in [0.2, 0.25) is 0 Å². The van der Waals surface area contributed by atoms with Crippen LogP contribution in [-0.2, 0) is 11.1 Å². The molecule has 1 aromatic heterocycles. The number of hydrogen-bond acceptors (Lipinski definition) is 5. The van der Waals surface area contributed by atoms with Crippen LogP contribution in [-0.4, -0.2) is 32.7 Å². The van der Waals surface area contributed by atoms with Crippen LogP contribution in [0, 0.1) is 6.92 Å². The second-order valence-corrected chi connectivity index (χ2v) is 9.58. The molecular weight excluding hydrogens is 425 g/mol. The van der Waals surface area contributed by atoms with Gasteiger partial charge in [0.25, 0.3) is 0 Å². The zero-order valence-corrected chi connectivity index (χ0v) is 19.4. The molecule has 3 N–H and O–H groups in total. The van der Waals surface area contributed by atoms with Gasteiger partial charge in [0.05, 0.1) is 6.16 Å². The summed E-state index contributed by atoms with van der Waals surface area (Å²) in [5.41, 5.74) is 5.31. The van der Waals surface area contributed by atoms with Crippen LogP contribution in [0.3, 0.4) is 0 Å². The van der Waals surface area contributed by atoms with E-state index in [2.05, 4.69) is 40.6 Å². The first kappa shape index (κ1) is 24.1. The Morgan fingerprint density at radius 1 is 1.16 bits per heavy atom. The van der Waals surface area contributed by atoms with Crippen molar-refractivity contribution in [2.45, 2.75) is 39.7 Å². The highest BCUT2D eigenvalue weighted by Gasteiger charge is 2.13. The number of benzene rings is 2. The van der Waals surface area contributed by atoms with Crippen molar-refractivity contribution in [2.24, 2.45) is 0 Å². The number of aromatic nitrogens is 2. The van der Waals surface area contributed by atoms with Gasteiger partial charge in [0.2, 0.25) is 11.8 Å². The van der Waals surface area contributed by atoms with Gasteiger partial charge in [0.1, 0.15) is 0 Å². The van der Waals surface area contributed by atoms with Crippen LogP contribution in [0.15, 0.2) is 52.9 Å². The molecule has 32 heavy (non-hydrogen) atoms. The number of nitrogens with zero attached hydrogens (tertiary/aromatic N) is 2. The molecule has 2 aromatic carbocycles. The number of allylic oxidation sites excluding steroid dienone is 1. The van der Waals surface area contributed by atoms with E-state index in [0.717, 1.165) is 35.1 Å². The number of aryl methyl sites for hydroxylation is 1. The molecule has 170 valence electrons. The van der Waals surface area contributed by atoms with E-state index in [-0.39, 0.29) is 6.16 Å². The molecule has 8 heteroatoms. The quantitative estimate of drug-likeness (QED) is 0.274. The Hall–Kier alpha value is -2.57. The van der Waals surface area contributed by atoms with E-state index in [4.69, 9.17) is 14.2 Å². The van der Waals surface area contributed by atoms with E-state index in [0.29, 0.717) is 31.3 Å². The minimum absolute atomic E-state index is 0.101. The summed E-state index contributed by atoms with van der Waals surface area (Å²) >= 11 is 0. The first-order valence-electron chi connectivity index (χ1n) is 10.8. The Labute approximate surface area is 188 Å². The highest BCUT2D eigenvalue weighted by atomic mass is 31.2. The summed E-state index contributed by atoms with van der Waals surface area (Å²) in [5.74, 6) is 0.973. The predicted molar refractivity (Wildman–Crippen MR) is 127 cm³/mol. The van der Waals surface area contributed by atoms with Crippen LogP contribution in [0.5, 0.6) is 0 Å². The van der Waals surface area contributed by atoms with Crippen molar-refractivity contribution in [2.75, 3.05) is 12.7 Å². The van der Waals surface area contributed by atoms with E-state index >= 15 is 0 Å². The van der Waals surface area contributed by atoms with Gasteiger partial charge in [0.15, 0.2) is 0 Å². The van der Waals surface area contributed by atoms with Crippen LogP contribution >= 0.6 is 7.60 Å². The third kappa shape index (κ3) is 7.24. The molecule has 0 aliphatic rings. The van der Waals surface area contributed by atoms with Crippen LogP contribution in [0.1, 0.15) is 48.8 Å². The molecule has 0 fully saturated rings. The van der Waals surface area contributed by atoms with Crippen LogP contribution in [0.25, 0.3) is 23.1 Å². The molecule has 0 radical (unpaired) electrons. The lowest BCUT2D eigenvalue weighted by molar-refractivity contribution is 0.371. The summed E-state index contributed by atoms with van der Waals surface area (Å²) in [7, 11) is -3.92. The Morgan fingerprint density at radius 2 is 1.94 bits per heavy atom. The van der Waals surface area contributed by atoms with E-state index < -0.39 is 7.60 Å². The molecule has 3 rings (SSSR count). The monoisotopic (exact) mass is 455 g/mol. The zero-order chi connectivity index (χ0) is 23.0. The molecule has 0 saturated heterocycles. The lowest BCUT2D eigenvalue weighted by Gasteiger charge is -2.08. The van der Waals surface area contributed by atoms with Crippen molar-refractivity contribution >= 4 is 19.2 Å². The Kier molecular flexibility index (Phi) is 8.53. The van der Waals surface area contributed by atoms with Gasteiger partial charge in [-0.15, -0.1) is 10.2 Å². The molecule has 0 spiro atoms. The maximum Gasteiger partial charge on any atom is 0.325 e. The lowest BCUT2D eigenvalue weighted by Crippen LogP contribution is -2.15. The van der Waals surface area contributed by atoms with Crippen LogP contribution < -0.4 is 5.32 Å². The molecule has 1 heterocycles. The van der Waals surface area contributed by atoms with Gasteiger partial charge >= 0.3 is 7.60 Å². The lowest BCUT2D eigenvalue weighted by atomic mass is 10.0. The van der Waals surface area contributed by atoms with Crippen molar-refractivity contribution in [3.63, 3.8) is 0 Å². The second kappa shape index (κ2) is 11.3. The minimum Gasteiger partial charge on any atom is -0.417 e. The molecule has 0 aliphatic carbocycles. The predicted octanol–water partition coefficient (Wildman–Crippen LogP) is 5.04. The topological polar surface area (TPSA) is 108 Å². The van der Waals surface area contributed by atoms with Crippen molar-refractivity contribution in [3.8, 4) is 11.5 Å². The molecule has 0 atom stereocenters. The third-order valence-corrected chi connectivity index (χ3v) is 5.95. The molecule has 3 aromatic rings. The van der Waals surface area contributed by atoms with E-state index in [1.54, 1.807) is 0 Å². The molecule has 0 amide bonds. The summed E-state index contributed by atoms with van der Waals surface area (Å²) in [6, 6.07) is 16.2. The van der Waals surface area contributed by atoms with Crippen molar-refractivity contribution in [3.05, 3.63) is 71.1 Å². The summed E-state index contributed by atoms with van der Waals surface area (Å²) in [5, 5.41) is 11.7. The summed E-state index contributed by atoms with van der Waals surface area (Å²) in [6.45, 7) is 5.32. The SMILES string of the molecule is CCC/C(=C/c1nnc(-c2ccc(CNCCCP(=O)(O)O)cc2C)o1)c1ccccc1. The van der Waals surface area contributed by atoms with Crippen LogP contribution in [0.4, 0.5) is 0 Å². The van der Waals surface area contributed by atoms with Gasteiger partial charge in [-0.25, -0.2) is 0 Å². The van der Waals surface area contributed by atoms with Crippen molar-refractivity contribution < 1.29 is 18.8 Å². The van der Waals surface area contributed by atoms with Gasteiger partial charge in [-0.3, -0.25) is 4.57 Å². The molecular formula is C24H30N3O4P. The fourth-order valence-corrected chi connectivity index (χ4v) is 4.06. The highest BCUT2D eigenvalue weighted by Crippen LogP contribution is 2.34. The fourth-order valence-electron chi connectivity index (χ4n) is 3.49. The highest BCUT2D eigenvalue weighted by molar-refractivity contribution is 7.51. The normalized spacial score (nSPS) is 12.3. The van der Waals surface area contributed by atoms with Gasteiger partial charge < -0.3 is 19.5 Å². The standard InChI is InChI=1S/C24H30N3O4P/c1-3-8-21(20-9-5-4-6-10-20)16-23-26-27-24(31-23)22-12-11-19(15-18(22)2)17-25-13-7-14-32(28,29)30/h4-6,9-12,15-16,25H,3,7-8,13-14,17H2,1-2H3,(H2,28,29,30)/b21-16-. The smallest absolute Gasteiger partial charge is 0.325 e. The molecule has 0 aliphatic heterocycles. The zero-order valence-electron chi connectivity index (χ0n) is 18.5. The Bertz CT molecular complexity index is 1090. The first-order valence-corrected chi connectivity index (χ1v) is 12.6. The van der Waals surface area contributed by atoms with E-state index in [1.807, 2.05) is 43.3 Å². The van der Waals surface area contributed by atoms with E-state index in [1.165, 1.54) is 5.57 Å². The Balaban J connectivity index is 1.67. The Morgan fingerprint density at radius 3 is 2.62 bits per heavy atom. The van der Waals surface area contributed by atoms with Gasteiger partial charge in [-0.1, -0.05) is 55.8 Å².